The summed E-state index contributed by atoms with van der Waals surface area (Å²) in [4.78, 5) is 4.27. The van der Waals surface area contributed by atoms with E-state index in [1.165, 1.54) is 23.4 Å². The molecule has 2 nitrogen and oxygen atoms in total. The molecule has 0 fully saturated rings. The number of hydrogen-bond donors (Lipinski definition) is 1. The first-order valence-corrected chi connectivity index (χ1v) is 9.74. The Morgan fingerprint density at radius 1 is 0.885 bits per heavy atom. The van der Waals surface area contributed by atoms with Gasteiger partial charge in [0.2, 0.25) is 0 Å². The topological polar surface area (TPSA) is 24.9 Å². The third kappa shape index (κ3) is 14.6. The molecule has 0 saturated heterocycles. The molecular weight excluding hydrogens is 323 g/mol. The van der Waals surface area contributed by atoms with Crippen LogP contribution < -0.4 is 5.32 Å². The normalized spacial score (nSPS) is 8.27. The maximum absolute atomic E-state index is 12.3. The van der Waals surface area contributed by atoms with Crippen molar-refractivity contribution in [3.05, 3.63) is 64.7 Å². The van der Waals surface area contributed by atoms with E-state index in [2.05, 4.69) is 30.2 Å². The summed E-state index contributed by atoms with van der Waals surface area (Å²) in [5.41, 5.74) is 4.77. The van der Waals surface area contributed by atoms with Crippen molar-refractivity contribution < 1.29 is 4.39 Å². The van der Waals surface area contributed by atoms with Crippen molar-refractivity contribution in [3.8, 4) is 0 Å². The molecule has 0 amide bonds. The lowest BCUT2D eigenvalue weighted by Crippen LogP contribution is -1.92. The molecule has 0 atom stereocenters. The van der Waals surface area contributed by atoms with E-state index in [0.717, 1.165) is 24.0 Å². The maximum Gasteiger partial charge on any atom is 0.123 e. The molecule has 0 unspecified atom stereocenters. The molecule has 0 bridgehead atoms. The van der Waals surface area contributed by atoms with Gasteiger partial charge in [-0.05, 0) is 75.7 Å². The van der Waals surface area contributed by atoms with E-state index in [1.54, 1.807) is 6.07 Å². The summed E-state index contributed by atoms with van der Waals surface area (Å²) < 4.78 is 12.3. The molecule has 0 aliphatic rings. The molecule has 150 valence electrons. The molecule has 1 heterocycles. The largest absolute Gasteiger partial charge is 0.323 e. The van der Waals surface area contributed by atoms with Crippen LogP contribution in [-0.4, -0.2) is 19.1 Å². The van der Waals surface area contributed by atoms with Gasteiger partial charge < -0.3 is 5.32 Å². The fraction of sp³-hybridized carbons (Fsp3) is 0.522. The quantitative estimate of drug-likeness (QED) is 0.654. The second-order valence-electron chi connectivity index (χ2n) is 5.04. The standard InChI is InChI=1S/C9H13N.C8H9F.C2H7N.2C2H6/c1-3-8-6-5-7-10-9(8)4-2;1-6-3-4-8(9)5-7(6)2;1-3-2;2*1-2/h5-7H,3-4H2,1-2H3;3-5H,1-2H3;3H,1-2H3;2*1-2H3. The van der Waals surface area contributed by atoms with Crippen molar-refractivity contribution in [3.63, 3.8) is 0 Å². The number of aromatic nitrogens is 1. The second kappa shape index (κ2) is 21.3. The zero-order chi connectivity index (χ0) is 21.0. The van der Waals surface area contributed by atoms with E-state index in [9.17, 15) is 4.39 Å². The minimum absolute atomic E-state index is 0.155. The smallest absolute Gasteiger partial charge is 0.123 e. The van der Waals surface area contributed by atoms with Crippen molar-refractivity contribution in [1.29, 1.82) is 0 Å². The van der Waals surface area contributed by atoms with Gasteiger partial charge in [-0.2, -0.15) is 0 Å². The molecule has 0 radical (unpaired) electrons. The Morgan fingerprint density at radius 3 is 1.77 bits per heavy atom. The monoisotopic (exact) mass is 364 g/mol. The molecule has 3 heteroatoms. The van der Waals surface area contributed by atoms with Crippen LogP contribution in [0.1, 0.15) is 63.9 Å². The lowest BCUT2D eigenvalue weighted by Gasteiger charge is -2.01. The van der Waals surface area contributed by atoms with Gasteiger partial charge in [-0.15, -0.1) is 0 Å². The summed E-state index contributed by atoms with van der Waals surface area (Å²) >= 11 is 0. The molecule has 1 aromatic carbocycles. The number of rotatable bonds is 2. The Bertz CT molecular complexity index is 516. The summed E-state index contributed by atoms with van der Waals surface area (Å²) in [7, 11) is 3.75. The lowest BCUT2D eigenvalue weighted by molar-refractivity contribution is 0.626. The number of halogens is 1. The van der Waals surface area contributed by atoms with Crippen LogP contribution >= 0.6 is 0 Å². The highest BCUT2D eigenvalue weighted by molar-refractivity contribution is 5.24. The lowest BCUT2D eigenvalue weighted by atomic mass is 10.1. The fourth-order valence-electron chi connectivity index (χ4n) is 1.82. The van der Waals surface area contributed by atoms with Gasteiger partial charge in [0, 0.05) is 11.9 Å². The molecule has 0 aliphatic heterocycles. The number of nitrogens with zero attached hydrogens (tertiary/aromatic N) is 1. The van der Waals surface area contributed by atoms with E-state index in [4.69, 9.17) is 0 Å². The molecule has 0 aliphatic carbocycles. The molecule has 1 aromatic heterocycles. The van der Waals surface area contributed by atoms with Crippen LogP contribution in [0.25, 0.3) is 0 Å². The van der Waals surface area contributed by atoms with Crippen molar-refractivity contribution >= 4 is 0 Å². The highest BCUT2D eigenvalue weighted by Gasteiger charge is 1.95. The van der Waals surface area contributed by atoms with Crippen LogP contribution in [0.5, 0.6) is 0 Å². The summed E-state index contributed by atoms with van der Waals surface area (Å²) in [5.74, 6) is -0.155. The molecule has 2 rings (SSSR count). The predicted molar refractivity (Wildman–Crippen MR) is 117 cm³/mol. The van der Waals surface area contributed by atoms with Gasteiger partial charge in [0.1, 0.15) is 5.82 Å². The Hall–Kier alpha value is -1.74. The minimum Gasteiger partial charge on any atom is -0.323 e. The number of hydrogen-bond acceptors (Lipinski definition) is 2. The molecule has 0 spiro atoms. The summed E-state index contributed by atoms with van der Waals surface area (Å²) in [5, 5.41) is 2.75. The van der Waals surface area contributed by atoms with E-state index in [-0.39, 0.29) is 5.82 Å². The first kappa shape index (κ1) is 29.0. The fourth-order valence-corrected chi connectivity index (χ4v) is 1.82. The summed E-state index contributed by atoms with van der Waals surface area (Å²) in [6, 6.07) is 8.94. The molecule has 26 heavy (non-hydrogen) atoms. The highest BCUT2D eigenvalue weighted by atomic mass is 19.1. The third-order valence-electron chi connectivity index (χ3n) is 3.17. The average Bonchev–Trinajstić information content (AvgIpc) is 2.69. The van der Waals surface area contributed by atoms with Crippen LogP contribution in [0.3, 0.4) is 0 Å². The first-order valence-electron chi connectivity index (χ1n) is 9.74. The van der Waals surface area contributed by atoms with Gasteiger partial charge in [0.15, 0.2) is 0 Å². The van der Waals surface area contributed by atoms with Crippen LogP contribution in [-0.2, 0) is 12.8 Å². The van der Waals surface area contributed by atoms with Crippen molar-refractivity contribution in [2.75, 3.05) is 14.1 Å². The number of pyridine rings is 1. The second-order valence-corrected chi connectivity index (χ2v) is 5.04. The Balaban J connectivity index is -0.000000305. The van der Waals surface area contributed by atoms with Gasteiger partial charge in [-0.1, -0.05) is 53.7 Å². The van der Waals surface area contributed by atoms with E-state index >= 15 is 0 Å². The van der Waals surface area contributed by atoms with Crippen molar-refractivity contribution in [1.82, 2.24) is 10.3 Å². The molecular formula is C23H41FN2. The van der Waals surface area contributed by atoms with Crippen LogP contribution in [0.2, 0.25) is 0 Å². The van der Waals surface area contributed by atoms with Gasteiger partial charge >= 0.3 is 0 Å². The molecule has 0 saturated carbocycles. The van der Waals surface area contributed by atoms with Gasteiger partial charge in [-0.3, -0.25) is 4.98 Å². The number of aryl methyl sites for hydroxylation is 4. The summed E-state index contributed by atoms with van der Waals surface area (Å²) in [6.45, 7) is 16.2. The average molecular weight is 365 g/mol. The van der Waals surface area contributed by atoms with Crippen LogP contribution in [0, 0.1) is 19.7 Å². The Morgan fingerprint density at radius 2 is 1.42 bits per heavy atom. The van der Waals surface area contributed by atoms with Gasteiger partial charge in [0.25, 0.3) is 0 Å². The summed E-state index contributed by atoms with van der Waals surface area (Å²) in [6.07, 6.45) is 4.00. The molecule has 2 aromatic rings. The minimum atomic E-state index is -0.155. The predicted octanol–water partition coefficient (Wildman–Crippen LogP) is 6.54. The first-order chi connectivity index (χ1) is 12.5. The highest BCUT2D eigenvalue weighted by Crippen LogP contribution is 2.07. The van der Waals surface area contributed by atoms with Gasteiger partial charge in [-0.25, -0.2) is 4.39 Å². The maximum atomic E-state index is 12.3. The zero-order valence-corrected chi connectivity index (χ0v) is 18.7. The Kier molecular flexibility index (Phi) is 23.8. The number of benzene rings is 1. The Labute approximate surface area is 162 Å². The van der Waals surface area contributed by atoms with E-state index < -0.39 is 0 Å². The SMILES string of the molecule is CC.CC.CCc1cccnc1CC.CNC.Cc1ccc(F)cc1C. The van der Waals surface area contributed by atoms with Crippen LogP contribution in [0.4, 0.5) is 4.39 Å². The van der Waals surface area contributed by atoms with Gasteiger partial charge in [0.05, 0.1) is 0 Å². The van der Waals surface area contributed by atoms with Crippen molar-refractivity contribution in [2.45, 2.75) is 68.2 Å². The third-order valence-corrected chi connectivity index (χ3v) is 3.17. The van der Waals surface area contributed by atoms with E-state index in [0.29, 0.717) is 0 Å². The van der Waals surface area contributed by atoms with Crippen molar-refractivity contribution in [2.24, 2.45) is 0 Å². The molecule has 1 N–H and O–H groups in total. The van der Waals surface area contributed by atoms with Crippen LogP contribution in [0.15, 0.2) is 36.5 Å². The zero-order valence-electron chi connectivity index (χ0n) is 18.7. The van der Waals surface area contributed by atoms with E-state index in [1.807, 2.05) is 67.9 Å². The number of nitrogens with one attached hydrogen (secondary N) is 1.